The fourth-order valence-electron chi connectivity index (χ4n) is 2.95. The second-order valence-corrected chi connectivity index (χ2v) is 7.04. The Morgan fingerprint density at radius 2 is 1.91 bits per heavy atom. The van der Waals surface area contributed by atoms with Crippen molar-refractivity contribution in [3.05, 3.63) is 35.9 Å². The fraction of sp³-hybridized carbons (Fsp3) is 0.556. The van der Waals surface area contributed by atoms with Gasteiger partial charge >= 0.3 is 5.97 Å². The van der Waals surface area contributed by atoms with Crippen molar-refractivity contribution in [3.8, 4) is 0 Å². The van der Waals surface area contributed by atoms with E-state index in [0.717, 1.165) is 0 Å². The zero-order chi connectivity index (χ0) is 16.3. The van der Waals surface area contributed by atoms with Gasteiger partial charge in [0.2, 0.25) is 5.91 Å². The number of rotatable bonds is 3. The van der Waals surface area contributed by atoms with E-state index in [-0.39, 0.29) is 36.2 Å². The average Bonchev–Trinajstić information content (AvgIpc) is 2.41. The molecule has 1 N–H and O–H groups in total. The van der Waals surface area contributed by atoms with Gasteiger partial charge in [0, 0.05) is 17.9 Å². The topological polar surface area (TPSA) is 55.4 Å². The molecular weight excluding hydrogens is 278 g/mol. The molecule has 1 aromatic carbocycles. The molecule has 120 valence electrons. The van der Waals surface area contributed by atoms with Crippen LogP contribution in [0.3, 0.4) is 0 Å². The first-order valence-corrected chi connectivity index (χ1v) is 7.83. The molecular formula is C18H25NO3. The van der Waals surface area contributed by atoms with Gasteiger partial charge in [-0.05, 0) is 39.7 Å². The Morgan fingerprint density at radius 3 is 2.50 bits per heavy atom. The molecule has 22 heavy (non-hydrogen) atoms. The molecule has 0 bridgehead atoms. The van der Waals surface area contributed by atoms with Gasteiger partial charge in [-0.2, -0.15) is 0 Å². The van der Waals surface area contributed by atoms with E-state index in [9.17, 15) is 9.59 Å². The van der Waals surface area contributed by atoms with Crippen LogP contribution in [0.1, 0.15) is 52.0 Å². The van der Waals surface area contributed by atoms with Crippen LogP contribution in [0.4, 0.5) is 0 Å². The molecule has 0 spiro atoms. The van der Waals surface area contributed by atoms with Gasteiger partial charge in [-0.15, -0.1) is 0 Å². The van der Waals surface area contributed by atoms with Crippen molar-refractivity contribution in [3.63, 3.8) is 0 Å². The van der Waals surface area contributed by atoms with Crippen LogP contribution >= 0.6 is 0 Å². The highest BCUT2D eigenvalue weighted by Crippen LogP contribution is 2.33. The number of carbonyl (C=O) groups excluding carboxylic acids is 2. The summed E-state index contributed by atoms with van der Waals surface area (Å²) in [4.78, 5) is 24.2. The molecule has 1 saturated heterocycles. The summed E-state index contributed by atoms with van der Waals surface area (Å²) >= 11 is 0. The zero-order valence-corrected chi connectivity index (χ0v) is 13.8. The summed E-state index contributed by atoms with van der Waals surface area (Å²) in [5, 5.41) is 3.00. The first-order valence-electron chi connectivity index (χ1n) is 7.83. The minimum atomic E-state index is -0.519. The number of esters is 1. The number of hydrogen-bond acceptors (Lipinski definition) is 3. The van der Waals surface area contributed by atoms with Crippen molar-refractivity contribution >= 4 is 11.9 Å². The Balaban J connectivity index is 2.06. The van der Waals surface area contributed by atoms with Crippen LogP contribution in [-0.2, 0) is 14.3 Å². The standard InChI is InChI=1S/C18H25NO3/c1-12-15(13-8-6-5-7-9-13)10-14(17(21)19-12)11-16(20)22-18(2,3)4/h5-9,12,14-15H,10-11H2,1-4H3,(H,19,21). The van der Waals surface area contributed by atoms with Gasteiger partial charge in [-0.3, -0.25) is 9.59 Å². The highest BCUT2D eigenvalue weighted by Gasteiger charge is 2.36. The maximum absolute atomic E-state index is 12.2. The average molecular weight is 303 g/mol. The fourth-order valence-corrected chi connectivity index (χ4v) is 2.95. The molecule has 2 rings (SSSR count). The first kappa shape index (κ1) is 16.5. The summed E-state index contributed by atoms with van der Waals surface area (Å²) in [7, 11) is 0. The van der Waals surface area contributed by atoms with Gasteiger partial charge in [0.1, 0.15) is 5.60 Å². The van der Waals surface area contributed by atoms with Crippen LogP contribution in [-0.4, -0.2) is 23.5 Å². The lowest BCUT2D eigenvalue weighted by atomic mass is 9.79. The summed E-state index contributed by atoms with van der Waals surface area (Å²) in [6.07, 6.45) is 0.815. The van der Waals surface area contributed by atoms with Gasteiger partial charge in [-0.25, -0.2) is 0 Å². The number of hydrogen-bond donors (Lipinski definition) is 1. The molecule has 1 fully saturated rings. The van der Waals surface area contributed by atoms with E-state index in [1.54, 1.807) is 0 Å². The van der Waals surface area contributed by atoms with Crippen LogP contribution in [0.5, 0.6) is 0 Å². The maximum Gasteiger partial charge on any atom is 0.307 e. The van der Waals surface area contributed by atoms with E-state index < -0.39 is 5.60 Å². The van der Waals surface area contributed by atoms with Crippen molar-refractivity contribution in [1.82, 2.24) is 5.32 Å². The van der Waals surface area contributed by atoms with E-state index >= 15 is 0 Å². The lowest BCUT2D eigenvalue weighted by molar-refractivity contribution is -0.158. The minimum Gasteiger partial charge on any atom is -0.460 e. The van der Waals surface area contributed by atoms with Crippen molar-refractivity contribution in [1.29, 1.82) is 0 Å². The van der Waals surface area contributed by atoms with Gasteiger partial charge in [0.25, 0.3) is 0 Å². The van der Waals surface area contributed by atoms with Crippen LogP contribution in [0.2, 0.25) is 0 Å². The molecule has 1 aliphatic heterocycles. The second kappa shape index (κ2) is 6.51. The van der Waals surface area contributed by atoms with Gasteiger partial charge in [-0.1, -0.05) is 30.3 Å². The summed E-state index contributed by atoms with van der Waals surface area (Å²) in [6.45, 7) is 7.52. The third-order valence-corrected chi connectivity index (χ3v) is 3.94. The van der Waals surface area contributed by atoms with Crippen molar-refractivity contribution < 1.29 is 14.3 Å². The summed E-state index contributed by atoms with van der Waals surface area (Å²) in [6, 6.07) is 10.2. The van der Waals surface area contributed by atoms with Gasteiger partial charge in [0.05, 0.1) is 6.42 Å². The van der Waals surface area contributed by atoms with Crippen LogP contribution in [0.15, 0.2) is 30.3 Å². The predicted molar refractivity (Wildman–Crippen MR) is 85.4 cm³/mol. The highest BCUT2D eigenvalue weighted by atomic mass is 16.6. The van der Waals surface area contributed by atoms with Crippen LogP contribution in [0.25, 0.3) is 0 Å². The normalized spacial score (nSPS) is 25.5. The first-order chi connectivity index (χ1) is 10.3. The molecule has 0 aliphatic carbocycles. The number of amides is 1. The maximum atomic E-state index is 12.2. The molecule has 0 radical (unpaired) electrons. The molecule has 0 aromatic heterocycles. The number of benzene rings is 1. The Hall–Kier alpha value is -1.84. The van der Waals surface area contributed by atoms with Gasteiger partial charge in [0.15, 0.2) is 0 Å². The lowest BCUT2D eigenvalue weighted by Crippen LogP contribution is -2.47. The molecule has 1 amide bonds. The third-order valence-electron chi connectivity index (χ3n) is 3.94. The molecule has 1 aromatic rings. The Morgan fingerprint density at radius 1 is 1.27 bits per heavy atom. The van der Waals surface area contributed by atoms with Crippen molar-refractivity contribution in [2.45, 2.75) is 58.1 Å². The lowest BCUT2D eigenvalue weighted by Gasteiger charge is -2.35. The summed E-state index contributed by atoms with van der Waals surface area (Å²) in [5.74, 6) is -0.456. The van der Waals surface area contributed by atoms with E-state index in [1.807, 2.05) is 45.9 Å². The van der Waals surface area contributed by atoms with Crippen LogP contribution < -0.4 is 5.32 Å². The zero-order valence-electron chi connectivity index (χ0n) is 13.8. The molecule has 4 nitrogen and oxygen atoms in total. The van der Waals surface area contributed by atoms with E-state index in [2.05, 4.69) is 17.4 Å². The smallest absolute Gasteiger partial charge is 0.307 e. The second-order valence-electron chi connectivity index (χ2n) is 7.04. The number of piperidine rings is 1. The number of nitrogens with one attached hydrogen (secondary N) is 1. The number of carbonyl (C=O) groups is 2. The molecule has 3 unspecified atom stereocenters. The minimum absolute atomic E-state index is 0.0504. The monoisotopic (exact) mass is 303 g/mol. The van der Waals surface area contributed by atoms with Gasteiger partial charge < -0.3 is 10.1 Å². The summed E-state index contributed by atoms with van der Waals surface area (Å²) < 4.78 is 5.34. The van der Waals surface area contributed by atoms with Crippen LogP contribution in [0, 0.1) is 5.92 Å². The highest BCUT2D eigenvalue weighted by molar-refractivity contribution is 5.85. The Kier molecular flexibility index (Phi) is 4.89. The SMILES string of the molecule is CC1NC(=O)C(CC(=O)OC(C)(C)C)CC1c1ccccc1. The molecule has 1 heterocycles. The summed E-state index contributed by atoms with van der Waals surface area (Å²) in [5.41, 5.74) is 0.679. The Bertz CT molecular complexity index is 533. The molecule has 4 heteroatoms. The number of ether oxygens (including phenoxy) is 1. The molecule has 3 atom stereocenters. The van der Waals surface area contributed by atoms with E-state index in [4.69, 9.17) is 4.74 Å². The quantitative estimate of drug-likeness (QED) is 0.873. The van der Waals surface area contributed by atoms with E-state index in [0.29, 0.717) is 6.42 Å². The Labute approximate surface area is 132 Å². The van der Waals surface area contributed by atoms with E-state index in [1.165, 1.54) is 5.56 Å². The molecule has 1 aliphatic rings. The largest absolute Gasteiger partial charge is 0.460 e. The van der Waals surface area contributed by atoms with Crippen molar-refractivity contribution in [2.24, 2.45) is 5.92 Å². The predicted octanol–water partition coefficient (Wildman–Crippen LogP) is 3.03. The van der Waals surface area contributed by atoms with Crippen molar-refractivity contribution in [2.75, 3.05) is 0 Å². The third kappa shape index (κ3) is 4.33. The molecule has 0 saturated carbocycles.